The number of rotatable bonds is 8. The molecule has 184 valence electrons. The standard InChI is InChI=1S/C26H45NO5/c1-19-11-12-20(2)22(4)32-26(30)18-23(9-8-10-25(29)21(19)3)17-24(13-15-28)31-16-7-6-14-27-5/h11-13,17,19-22,25,27-29H,6-10,14-16,18H2,1-5H3/b12-11-,23-17-,24-13+/t19-,20+,21+,22-,25?/m0/s1. The van der Waals surface area contributed by atoms with E-state index in [4.69, 9.17) is 9.47 Å². The number of cyclic esters (lactones) is 1. The summed E-state index contributed by atoms with van der Waals surface area (Å²) < 4.78 is 11.5. The van der Waals surface area contributed by atoms with Gasteiger partial charge in [-0.3, -0.25) is 4.79 Å². The van der Waals surface area contributed by atoms with E-state index in [0.717, 1.165) is 31.4 Å². The van der Waals surface area contributed by atoms with Crippen LogP contribution in [0.3, 0.4) is 0 Å². The second-order valence-corrected chi connectivity index (χ2v) is 9.04. The first kappa shape index (κ1) is 28.4. The van der Waals surface area contributed by atoms with Gasteiger partial charge in [-0.05, 0) is 76.6 Å². The van der Waals surface area contributed by atoms with Gasteiger partial charge >= 0.3 is 5.97 Å². The van der Waals surface area contributed by atoms with Crippen molar-refractivity contribution in [2.45, 2.75) is 78.4 Å². The second-order valence-electron chi connectivity index (χ2n) is 9.04. The number of carbonyl (C=O) groups is 1. The van der Waals surface area contributed by atoms with Crippen LogP contribution >= 0.6 is 0 Å². The number of unbranched alkanes of at least 4 members (excludes halogenated alkanes) is 1. The summed E-state index contributed by atoms with van der Waals surface area (Å²) in [7, 11) is 1.92. The summed E-state index contributed by atoms with van der Waals surface area (Å²) in [6.45, 7) is 9.50. The first-order chi connectivity index (χ1) is 15.3. The Morgan fingerprint density at radius 3 is 2.62 bits per heavy atom. The molecule has 0 aliphatic carbocycles. The Morgan fingerprint density at radius 1 is 1.22 bits per heavy atom. The van der Waals surface area contributed by atoms with Crippen LogP contribution in [-0.4, -0.2) is 55.2 Å². The van der Waals surface area contributed by atoms with Gasteiger partial charge < -0.3 is 25.0 Å². The average Bonchev–Trinajstić information content (AvgIpc) is 2.75. The molecule has 1 aliphatic heterocycles. The molecular formula is C26H45NO5. The molecule has 0 fully saturated rings. The Bertz CT molecular complexity index is 628. The molecule has 0 bridgehead atoms. The van der Waals surface area contributed by atoms with Crippen molar-refractivity contribution in [2.24, 2.45) is 17.8 Å². The molecule has 32 heavy (non-hydrogen) atoms. The van der Waals surface area contributed by atoms with E-state index in [1.807, 2.05) is 27.0 Å². The van der Waals surface area contributed by atoms with Crippen molar-refractivity contribution in [1.29, 1.82) is 0 Å². The summed E-state index contributed by atoms with van der Waals surface area (Å²) in [5.74, 6) is 0.793. The fourth-order valence-electron chi connectivity index (χ4n) is 3.63. The van der Waals surface area contributed by atoms with Crippen molar-refractivity contribution in [3.05, 3.63) is 35.6 Å². The molecule has 0 saturated heterocycles. The average molecular weight is 452 g/mol. The van der Waals surface area contributed by atoms with E-state index in [-0.39, 0.29) is 42.9 Å². The van der Waals surface area contributed by atoms with Gasteiger partial charge in [0.05, 0.1) is 25.7 Å². The molecule has 3 N–H and O–H groups in total. The van der Waals surface area contributed by atoms with Crippen LogP contribution in [-0.2, 0) is 14.3 Å². The van der Waals surface area contributed by atoms with E-state index >= 15 is 0 Å². The zero-order valence-electron chi connectivity index (χ0n) is 20.7. The normalized spacial score (nSPS) is 31.1. The molecule has 6 heteroatoms. The Hall–Kier alpha value is -1.63. The number of aliphatic hydroxyl groups is 2. The van der Waals surface area contributed by atoms with E-state index in [1.165, 1.54) is 0 Å². The Kier molecular flexibility index (Phi) is 14.3. The van der Waals surface area contributed by atoms with Gasteiger partial charge in [-0.1, -0.05) is 38.5 Å². The summed E-state index contributed by atoms with van der Waals surface area (Å²) in [4.78, 5) is 12.6. The first-order valence-corrected chi connectivity index (χ1v) is 12.1. The third-order valence-electron chi connectivity index (χ3n) is 6.31. The van der Waals surface area contributed by atoms with Gasteiger partial charge in [0.25, 0.3) is 0 Å². The van der Waals surface area contributed by atoms with Crippen molar-refractivity contribution < 1.29 is 24.5 Å². The minimum atomic E-state index is -0.394. The van der Waals surface area contributed by atoms with Gasteiger partial charge in [0.15, 0.2) is 0 Å². The zero-order valence-corrected chi connectivity index (χ0v) is 20.7. The quantitative estimate of drug-likeness (QED) is 0.223. The van der Waals surface area contributed by atoms with Crippen LogP contribution in [0.1, 0.15) is 66.2 Å². The molecule has 1 rings (SSSR count). The zero-order chi connectivity index (χ0) is 23.9. The van der Waals surface area contributed by atoms with Crippen LogP contribution in [0.2, 0.25) is 0 Å². The van der Waals surface area contributed by atoms with Gasteiger partial charge in [0.1, 0.15) is 11.9 Å². The van der Waals surface area contributed by atoms with Crippen LogP contribution in [0.15, 0.2) is 35.6 Å². The van der Waals surface area contributed by atoms with Crippen molar-refractivity contribution in [2.75, 3.05) is 26.8 Å². The van der Waals surface area contributed by atoms with Gasteiger partial charge in [-0.25, -0.2) is 0 Å². The predicted octanol–water partition coefficient (Wildman–Crippen LogP) is 4.14. The topological polar surface area (TPSA) is 88.0 Å². The summed E-state index contributed by atoms with van der Waals surface area (Å²) >= 11 is 0. The van der Waals surface area contributed by atoms with Gasteiger partial charge in [0, 0.05) is 5.92 Å². The van der Waals surface area contributed by atoms with E-state index in [0.29, 0.717) is 25.2 Å². The number of hydrogen-bond acceptors (Lipinski definition) is 6. The highest BCUT2D eigenvalue weighted by Gasteiger charge is 2.22. The lowest BCUT2D eigenvalue weighted by Gasteiger charge is -2.25. The maximum Gasteiger partial charge on any atom is 0.310 e. The number of ether oxygens (including phenoxy) is 2. The highest BCUT2D eigenvalue weighted by atomic mass is 16.5. The van der Waals surface area contributed by atoms with Crippen LogP contribution in [0.25, 0.3) is 0 Å². The first-order valence-electron chi connectivity index (χ1n) is 12.1. The lowest BCUT2D eigenvalue weighted by atomic mass is 9.86. The number of esters is 1. The highest BCUT2D eigenvalue weighted by Crippen LogP contribution is 2.25. The van der Waals surface area contributed by atoms with Crippen LogP contribution < -0.4 is 5.32 Å². The van der Waals surface area contributed by atoms with E-state index in [1.54, 1.807) is 6.08 Å². The number of allylic oxidation sites excluding steroid dienone is 2. The lowest BCUT2D eigenvalue weighted by molar-refractivity contribution is -0.148. The summed E-state index contributed by atoms with van der Waals surface area (Å²) in [5, 5.41) is 23.2. The monoisotopic (exact) mass is 451 g/mol. The molecule has 1 unspecified atom stereocenters. The molecule has 5 atom stereocenters. The molecule has 0 amide bonds. The minimum absolute atomic E-state index is 0.0897. The molecule has 0 radical (unpaired) electrons. The van der Waals surface area contributed by atoms with Gasteiger partial charge in [-0.2, -0.15) is 0 Å². The van der Waals surface area contributed by atoms with Gasteiger partial charge in [0.2, 0.25) is 0 Å². The van der Waals surface area contributed by atoms with Crippen LogP contribution in [0.4, 0.5) is 0 Å². The van der Waals surface area contributed by atoms with Crippen molar-refractivity contribution in [1.82, 2.24) is 5.32 Å². The summed E-state index contributed by atoms with van der Waals surface area (Å²) in [5.41, 5.74) is 0.894. The fourth-order valence-corrected chi connectivity index (χ4v) is 3.63. The number of hydrogen-bond donors (Lipinski definition) is 3. The minimum Gasteiger partial charge on any atom is -0.494 e. The molecule has 1 aliphatic rings. The van der Waals surface area contributed by atoms with Gasteiger partial charge in [-0.15, -0.1) is 0 Å². The molecule has 0 aromatic carbocycles. The Labute approximate surface area is 194 Å². The molecule has 1 heterocycles. The largest absolute Gasteiger partial charge is 0.494 e. The maximum atomic E-state index is 12.6. The Balaban J connectivity index is 2.97. The van der Waals surface area contributed by atoms with E-state index in [2.05, 4.69) is 31.3 Å². The lowest BCUT2D eigenvalue weighted by Crippen LogP contribution is -2.25. The number of aliphatic hydroxyl groups excluding tert-OH is 2. The van der Waals surface area contributed by atoms with E-state index in [9.17, 15) is 15.0 Å². The summed E-state index contributed by atoms with van der Waals surface area (Å²) in [6, 6.07) is 0. The third kappa shape index (κ3) is 11.3. The number of carbonyl (C=O) groups excluding carboxylic acids is 1. The fraction of sp³-hybridized carbons (Fsp3) is 0.731. The van der Waals surface area contributed by atoms with E-state index < -0.39 is 6.10 Å². The van der Waals surface area contributed by atoms with Crippen molar-refractivity contribution in [3.8, 4) is 0 Å². The maximum absolute atomic E-state index is 12.6. The highest BCUT2D eigenvalue weighted by molar-refractivity contribution is 5.72. The van der Waals surface area contributed by atoms with Crippen molar-refractivity contribution in [3.63, 3.8) is 0 Å². The molecule has 0 saturated carbocycles. The second kappa shape index (κ2) is 16.1. The predicted molar refractivity (Wildman–Crippen MR) is 129 cm³/mol. The molecule has 0 aromatic heterocycles. The SMILES string of the molecule is CNCCCCOC(/C=C1/CCCC(O)[C@H](C)[C@@H](C)/C=C\[C@@H](C)[C@H](C)OC(=O)C1)=C/CO. The van der Waals surface area contributed by atoms with Crippen LogP contribution in [0, 0.1) is 17.8 Å². The Morgan fingerprint density at radius 2 is 1.94 bits per heavy atom. The molecule has 6 nitrogen and oxygen atoms in total. The molecule has 0 spiro atoms. The third-order valence-corrected chi connectivity index (χ3v) is 6.31. The number of nitrogens with one attached hydrogen (secondary N) is 1. The smallest absolute Gasteiger partial charge is 0.310 e. The molecular weight excluding hydrogens is 406 g/mol. The van der Waals surface area contributed by atoms with Crippen molar-refractivity contribution >= 4 is 5.97 Å². The summed E-state index contributed by atoms with van der Waals surface area (Å²) in [6.07, 6.45) is 11.2. The van der Waals surface area contributed by atoms with Crippen LogP contribution in [0.5, 0.6) is 0 Å². The molecule has 0 aromatic rings.